The fourth-order valence-corrected chi connectivity index (χ4v) is 5.81. The average molecular weight is 567 g/mol. The molecule has 9 heteroatoms. The molecule has 2 aromatic heterocycles. The molecule has 2 amide bonds. The van der Waals surface area contributed by atoms with Crippen molar-refractivity contribution >= 4 is 17.5 Å². The second-order valence-electron chi connectivity index (χ2n) is 11.8. The molecular formula is C33H35FN6O2. The van der Waals surface area contributed by atoms with Crippen molar-refractivity contribution in [2.45, 2.75) is 76.9 Å². The number of aromatic amines is 1. The monoisotopic (exact) mass is 566 g/mol. The van der Waals surface area contributed by atoms with Gasteiger partial charge in [-0.25, -0.2) is 9.37 Å². The first-order chi connectivity index (χ1) is 20.1. The Morgan fingerprint density at radius 1 is 1.05 bits per heavy atom. The minimum atomic E-state index is -1.89. The third kappa shape index (κ3) is 5.31. The molecule has 4 aromatic rings. The quantitative estimate of drug-likeness (QED) is 0.245. The van der Waals surface area contributed by atoms with Crippen LogP contribution in [0.5, 0.6) is 0 Å². The van der Waals surface area contributed by atoms with Crippen LogP contribution in [0.1, 0.15) is 73.2 Å². The van der Waals surface area contributed by atoms with E-state index < -0.39 is 17.6 Å². The highest BCUT2D eigenvalue weighted by Gasteiger charge is 2.52. The van der Waals surface area contributed by atoms with Gasteiger partial charge < -0.3 is 10.6 Å². The first-order valence-corrected chi connectivity index (χ1v) is 14.5. The van der Waals surface area contributed by atoms with E-state index in [0.717, 1.165) is 57.0 Å². The lowest BCUT2D eigenvalue weighted by Gasteiger charge is -2.26. The molecule has 0 unspecified atom stereocenters. The minimum absolute atomic E-state index is 0.178. The molecule has 216 valence electrons. The van der Waals surface area contributed by atoms with E-state index in [9.17, 15) is 14.0 Å². The zero-order chi connectivity index (χ0) is 29.6. The molecule has 2 atom stereocenters. The summed E-state index contributed by atoms with van der Waals surface area (Å²) < 4.78 is 14.8. The largest absolute Gasteiger partial charge is 0.341 e. The van der Waals surface area contributed by atoms with Crippen molar-refractivity contribution in [3.8, 4) is 22.4 Å². The summed E-state index contributed by atoms with van der Waals surface area (Å²) in [5.74, 6) is -1.17. The van der Waals surface area contributed by atoms with E-state index in [0.29, 0.717) is 12.1 Å². The smallest absolute Gasteiger partial charge is 0.258 e. The topological polar surface area (TPSA) is 113 Å². The molecule has 1 fully saturated rings. The summed E-state index contributed by atoms with van der Waals surface area (Å²) in [6.07, 6.45) is 5.28. The Balaban J connectivity index is 1.29. The molecule has 0 saturated heterocycles. The normalized spacial score (nSPS) is 17.5. The van der Waals surface area contributed by atoms with Gasteiger partial charge in [-0.2, -0.15) is 5.10 Å². The average Bonchev–Trinajstić information content (AvgIpc) is 3.47. The van der Waals surface area contributed by atoms with Gasteiger partial charge in [0, 0.05) is 34.6 Å². The SMILES string of the molecule is Cc1n[nH]c(C)c1-c1ccc(NC(=O)[C@@H](NC(=O)C2(F)CC2)[C@@H]2CCc3ccc(-c4cncc(C(C)C)n4)cc32)cc1. The van der Waals surface area contributed by atoms with Crippen molar-refractivity contribution < 1.29 is 14.0 Å². The summed E-state index contributed by atoms with van der Waals surface area (Å²) in [4.78, 5) is 35.9. The molecule has 42 heavy (non-hydrogen) atoms. The van der Waals surface area contributed by atoms with Crippen molar-refractivity contribution in [3.05, 3.63) is 83.1 Å². The summed E-state index contributed by atoms with van der Waals surface area (Å²) in [6, 6.07) is 12.7. The van der Waals surface area contributed by atoms with Crippen molar-refractivity contribution in [2.24, 2.45) is 0 Å². The number of hydrogen-bond acceptors (Lipinski definition) is 5. The number of halogens is 1. The number of hydrogen-bond donors (Lipinski definition) is 3. The van der Waals surface area contributed by atoms with Gasteiger partial charge in [-0.3, -0.25) is 19.7 Å². The number of rotatable bonds is 8. The second kappa shape index (κ2) is 10.8. The molecule has 6 rings (SSSR count). The summed E-state index contributed by atoms with van der Waals surface area (Å²) >= 11 is 0. The van der Waals surface area contributed by atoms with Crippen LogP contribution in [0.4, 0.5) is 10.1 Å². The van der Waals surface area contributed by atoms with Crippen LogP contribution in [-0.4, -0.2) is 43.7 Å². The molecule has 1 saturated carbocycles. The van der Waals surface area contributed by atoms with E-state index in [1.807, 2.05) is 50.2 Å². The Bertz CT molecular complexity index is 1640. The van der Waals surface area contributed by atoms with Crippen LogP contribution in [0.15, 0.2) is 54.9 Å². The summed E-state index contributed by atoms with van der Waals surface area (Å²) in [6.45, 7) is 8.05. The van der Waals surface area contributed by atoms with E-state index in [1.54, 1.807) is 12.4 Å². The van der Waals surface area contributed by atoms with Gasteiger partial charge in [-0.15, -0.1) is 0 Å². The van der Waals surface area contributed by atoms with Gasteiger partial charge in [0.15, 0.2) is 5.67 Å². The molecule has 0 bridgehead atoms. The molecule has 2 aliphatic rings. The summed E-state index contributed by atoms with van der Waals surface area (Å²) in [5.41, 5.74) is 7.20. The van der Waals surface area contributed by atoms with Gasteiger partial charge in [0.05, 0.1) is 23.3 Å². The van der Waals surface area contributed by atoms with Crippen LogP contribution in [-0.2, 0) is 16.0 Å². The van der Waals surface area contributed by atoms with Crippen molar-refractivity contribution in [1.82, 2.24) is 25.5 Å². The Morgan fingerprint density at radius 2 is 1.79 bits per heavy atom. The molecule has 0 radical (unpaired) electrons. The van der Waals surface area contributed by atoms with Crippen LogP contribution < -0.4 is 10.6 Å². The number of alkyl halides is 1. The standard InChI is InChI=1S/C33H35FN6O2/c1-18(2)27-16-35-17-28(37-27)23-6-5-21-9-12-25(26(21)15-23)30(38-32(42)33(34)13-14-33)31(41)36-24-10-7-22(8-11-24)29-19(3)39-40-20(29)4/h5-8,10-11,15-18,25,30H,9,12-14H2,1-4H3,(H,36,41)(H,38,42)(H,39,40)/t25-,30+/m1/s1. The Kier molecular flexibility index (Phi) is 7.12. The summed E-state index contributed by atoms with van der Waals surface area (Å²) in [7, 11) is 0. The fourth-order valence-electron chi connectivity index (χ4n) is 5.81. The van der Waals surface area contributed by atoms with Crippen LogP contribution >= 0.6 is 0 Å². The van der Waals surface area contributed by atoms with Crippen LogP contribution in [0.25, 0.3) is 22.4 Å². The summed E-state index contributed by atoms with van der Waals surface area (Å²) in [5, 5.41) is 13.0. The Labute approximate surface area is 244 Å². The van der Waals surface area contributed by atoms with E-state index in [4.69, 9.17) is 4.98 Å². The lowest BCUT2D eigenvalue weighted by molar-refractivity contribution is -0.131. The minimum Gasteiger partial charge on any atom is -0.341 e. The number of amides is 2. The highest BCUT2D eigenvalue weighted by Crippen LogP contribution is 2.42. The first kappa shape index (κ1) is 27.8. The van der Waals surface area contributed by atoms with Crippen LogP contribution in [0, 0.1) is 13.8 Å². The first-order valence-electron chi connectivity index (χ1n) is 14.5. The van der Waals surface area contributed by atoms with Crippen molar-refractivity contribution in [3.63, 3.8) is 0 Å². The number of nitrogens with one attached hydrogen (secondary N) is 3. The van der Waals surface area contributed by atoms with Crippen molar-refractivity contribution in [2.75, 3.05) is 5.32 Å². The number of fused-ring (bicyclic) bond motifs is 1. The number of carbonyl (C=O) groups excluding carboxylic acids is 2. The third-order valence-corrected chi connectivity index (χ3v) is 8.45. The highest BCUT2D eigenvalue weighted by atomic mass is 19.1. The fraction of sp³-hybridized carbons (Fsp3) is 0.364. The van der Waals surface area contributed by atoms with Gasteiger partial charge in [0.2, 0.25) is 5.91 Å². The maximum Gasteiger partial charge on any atom is 0.258 e. The molecular weight excluding hydrogens is 531 g/mol. The maximum atomic E-state index is 14.8. The third-order valence-electron chi connectivity index (χ3n) is 8.45. The second-order valence-corrected chi connectivity index (χ2v) is 11.8. The molecule has 2 heterocycles. The number of aryl methyl sites for hydroxylation is 3. The zero-order valence-electron chi connectivity index (χ0n) is 24.3. The lowest BCUT2D eigenvalue weighted by atomic mass is 9.90. The predicted octanol–water partition coefficient (Wildman–Crippen LogP) is 5.93. The van der Waals surface area contributed by atoms with Gasteiger partial charge in [-0.05, 0) is 80.3 Å². The van der Waals surface area contributed by atoms with Gasteiger partial charge in [-0.1, -0.05) is 38.1 Å². The van der Waals surface area contributed by atoms with Gasteiger partial charge in [0.1, 0.15) is 6.04 Å². The number of anilines is 1. The predicted molar refractivity (Wildman–Crippen MR) is 160 cm³/mol. The molecule has 2 aliphatic carbocycles. The molecule has 3 N–H and O–H groups in total. The van der Waals surface area contributed by atoms with Gasteiger partial charge >= 0.3 is 0 Å². The maximum absolute atomic E-state index is 14.8. The Hall–Kier alpha value is -4.40. The van der Waals surface area contributed by atoms with Crippen LogP contribution in [0.3, 0.4) is 0 Å². The molecule has 8 nitrogen and oxygen atoms in total. The number of carbonyl (C=O) groups is 2. The molecule has 2 aromatic carbocycles. The highest BCUT2D eigenvalue weighted by molar-refractivity contribution is 6.00. The number of aromatic nitrogens is 4. The van der Waals surface area contributed by atoms with E-state index >= 15 is 0 Å². The number of benzene rings is 2. The van der Waals surface area contributed by atoms with E-state index in [1.165, 1.54) is 0 Å². The number of H-pyrrole nitrogens is 1. The van der Waals surface area contributed by atoms with Crippen molar-refractivity contribution in [1.29, 1.82) is 0 Å². The molecule has 0 aliphatic heterocycles. The van der Waals surface area contributed by atoms with E-state index in [2.05, 4.69) is 45.7 Å². The Morgan fingerprint density at radius 3 is 2.45 bits per heavy atom. The van der Waals surface area contributed by atoms with E-state index in [-0.39, 0.29) is 30.6 Å². The van der Waals surface area contributed by atoms with Crippen LogP contribution in [0.2, 0.25) is 0 Å². The van der Waals surface area contributed by atoms with Gasteiger partial charge in [0.25, 0.3) is 5.91 Å². The lowest BCUT2D eigenvalue weighted by Crippen LogP contribution is -2.50. The number of nitrogens with zero attached hydrogens (tertiary/aromatic N) is 3. The zero-order valence-corrected chi connectivity index (χ0v) is 24.3. The molecule has 0 spiro atoms.